The molecule has 350 valence electrons. The fourth-order valence-corrected chi connectivity index (χ4v) is 10.9. The number of hydrogen-bond acceptors (Lipinski definition) is 1. The molecule has 73 heavy (non-hydrogen) atoms. The van der Waals surface area contributed by atoms with Gasteiger partial charge in [-0.1, -0.05) is 129 Å². The van der Waals surface area contributed by atoms with E-state index in [1.54, 1.807) is 0 Å². The molecule has 2 aromatic heterocycles. The molecule has 0 radical (unpaired) electrons. The molecule has 0 saturated carbocycles. The molecule has 1 nitrogen and oxygen atoms in total. The van der Waals surface area contributed by atoms with Crippen LogP contribution in [0.2, 0.25) is 0 Å². The molecule has 8 aromatic carbocycles. The predicted octanol–water partition coefficient (Wildman–Crippen LogP) is 16.8. The van der Waals surface area contributed by atoms with Crippen LogP contribution in [0.3, 0.4) is 0 Å². The smallest absolute Gasteiger partial charge is 0.0758 e. The van der Waals surface area contributed by atoms with Crippen LogP contribution in [0.4, 0.5) is 0 Å². The first kappa shape index (κ1) is 47.1. The fraction of sp³-hybridized carbons (Fsp3) is 0.100. The van der Waals surface area contributed by atoms with Crippen molar-refractivity contribution in [2.45, 2.75) is 41.0 Å². The molecule has 3 heterocycles. The Morgan fingerprint density at radius 2 is 1.25 bits per heavy atom. The Labute approximate surface area is 432 Å². The van der Waals surface area contributed by atoms with E-state index in [4.69, 9.17) is 4.42 Å². The summed E-state index contributed by atoms with van der Waals surface area (Å²) in [6.45, 7) is 17.4. The van der Waals surface area contributed by atoms with Gasteiger partial charge in [0.15, 0.2) is 0 Å². The van der Waals surface area contributed by atoms with Gasteiger partial charge in [0.1, 0.15) is 11.2 Å². The summed E-state index contributed by atoms with van der Waals surface area (Å²) < 4.78 is 6.55. The van der Waals surface area contributed by atoms with Crippen LogP contribution in [0.1, 0.15) is 55.0 Å². The van der Waals surface area contributed by atoms with Crippen molar-refractivity contribution in [2.75, 3.05) is 0 Å². The van der Waals surface area contributed by atoms with Crippen molar-refractivity contribution >= 4 is 68.7 Å². The van der Waals surface area contributed by atoms with Crippen molar-refractivity contribution in [3.8, 4) is 44.5 Å². The van der Waals surface area contributed by atoms with Gasteiger partial charge >= 0.3 is 166 Å². The number of fused-ring (bicyclic) bond motifs is 6. The molecule has 0 N–H and O–H groups in total. The normalized spacial score (nSPS) is 13.8. The van der Waals surface area contributed by atoms with Crippen molar-refractivity contribution in [3.63, 3.8) is 0 Å². The van der Waals surface area contributed by atoms with E-state index in [-0.39, 0.29) is 12.1 Å². The van der Waals surface area contributed by atoms with Crippen molar-refractivity contribution in [2.24, 2.45) is 5.41 Å². The number of benzene rings is 8. The van der Waals surface area contributed by atoms with E-state index in [9.17, 15) is 0 Å². The summed E-state index contributed by atoms with van der Waals surface area (Å²) in [5.74, 6) is 4.25. The van der Waals surface area contributed by atoms with E-state index >= 15 is 0 Å². The SMILES string of the molecule is C=C/C(=C\C=C/C)c1cccc(-c2ccc(C)c(C3=CC(c4ccc5oc6ccc(B7c8ccccc8-c8cc(-c9cccc(-c%10cbccc%10)c9)ccc87)cc6c5c4)=CCC3(C)C)c2)c1.Cc1ccccc1. The van der Waals surface area contributed by atoms with Gasteiger partial charge in [-0.05, 0) is 113 Å². The molecular formula is C70H58B2O. The third kappa shape index (κ3) is 9.40. The summed E-state index contributed by atoms with van der Waals surface area (Å²) in [6.07, 6.45) is 14.0. The van der Waals surface area contributed by atoms with Crippen LogP contribution >= 0.6 is 0 Å². The van der Waals surface area contributed by atoms with Gasteiger partial charge in [-0.2, -0.15) is 0 Å². The van der Waals surface area contributed by atoms with Crippen LogP contribution in [-0.4, -0.2) is 13.6 Å². The Hall–Kier alpha value is -8.26. The molecule has 0 spiro atoms. The third-order valence-corrected chi connectivity index (χ3v) is 14.9. The second kappa shape index (κ2) is 20.1. The Morgan fingerprint density at radius 3 is 2.00 bits per heavy atom. The fourth-order valence-electron chi connectivity index (χ4n) is 10.9. The van der Waals surface area contributed by atoms with Gasteiger partial charge in [-0.15, -0.1) is 0 Å². The average Bonchev–Trinajstić information content (AvgIpc) is 3.97. The first-order valence-corrected chi connectivity index (χ1v) is 25.6. The number of hydrogen-bond donors (Lipinski definition) is 0. The van der Waals surface area contributed by atoms with Gasteiger partial charge in [0, 0.05) is 10.8 Å². The van der Waals surface area contributed by atoms with Crippen molar-refractivity contribution in [1.29, 1.82) is 0 Å². The molecule has 0 bridgehead atoms. The van der Waals surface area contributed by atoms with E-state index in [0.717, 1.165) is 39.5 Å². The van der Waals surface area contributed by atoms with Gasteiger partial charge in [0.05, 0.1) is 0 Å². The summed E-state index contributed by atoms with van der Waals surface area (Å²) >= 11 is 0. The van der Waals surface area contributed by atoms with Crippen molar-refractivity contribution in [3.05, 3.63) is 271 Å². The maximum atomic E-state index is 6.55. The molecular weight excluding hydrogens is 878 g/mol. The zero-order valence-corrected chi connectivity index (χ0v) is 42.5. The van der Waals surface area contributed by atoms with Crippen LogP contribution in [0.25, 0.3) is 83.2 Å². The molecule has 0 amide bonds. The minimum Gasteiger partial charge on any atom is -0.0758 e. The molecule has 1 aliphatic heterocycles. The number of aryl methyl sites for hydroxylation is 2. The Kier molecular flexibility index (Phi) is 13.0. The Bertz CT molecular complexity index is 3840. The van der Waals surface area contributed by atoms with Gasteiger partial charge in [0.25, 0.3) is 0 Å². The molecule has 12 rings (SSSR count). The minimum atomic E-state index is -0.0395. The molecule has 0 atom stereocenters. The summed E-state index contributed by atoms with van der Waals surface area (Å²) in [5, 5.41) is 2.29. The monoisotopic (exact) mass is 936 g/mol. The van der Waals surface area contributed by atoms with Crippen molar-refractivity contribution in [1.82, 2.24) is 0 Å². The predicted molar refractivity (Wildman–Crippen MR) is 318 cm³/mol. The van der Waals surface area contributed by atoms with Crippen LogP contribution in [0, 0.1) is 19.3 Å². The zero-order chi connectivity index (χ0) is 50.1. The van der Waals surface area contributed by atoms with Gasteiger partial charge in [-0.3, -0.25) is 0 Å². The molecule has 3 heteroatoms. The number of allylic oxidation sites excluding steroid dienone is 9. The van der Waals surface area contributed by atoms with Crippen LogP contribution in [-0.2, 0) is 0 Å². The van der Waals surface area contributed by atoms with Crippen LogP contribution < -0.4 is 16.4 Å². The molecule has 10 aromatic rings. The van der Waals surface area contributed by atoms with Crippen LogP contribution in [0.5, 0.6) is 0 Å². The second-order valence-electron chi connectivity index (χ2n) is 20.3. The van der Waals surface area contributed by atoms with Gasteiger partial charge < -0.3 is 4.42 Å². The molecule has 2 aliphatic rings. The maximum absolute atomic E-state index is 6.55. The summed E-state index contributed by atoms with van der Waals surface area (Å²) in [7, 11) is 0. The average molecular weight is 937 g/mol. The molecule has 0 fully saturated rings. The molecule has 0 saturated heterocycles. The topological polar surface area (TPSA) is 13.1 Å². The summed E-state index contributed by atoms with van der Waals surface area (Å²) in [5.41, 5.74) is 25.7. The minimum absolute atomic E-state index is 0.0395. The van der Waals surface area contributed by atoms with Gasteiger partial charge in [0.2, 0.25) is 0 Å². The first-order chi connectivity index (χ1) is 35.6. The van der Waals surface area contributed by atoms with E-state index in [2.05, 4.69) is 247 Å². The van der Waals surface area contributed by atoms with E-state index in [0.29, 0.717) is 0 Å². The van der Waals surface area contributed by atoms with E-state index in [1.807, 2.05) is 37.3 Å². The second-order valence-corrected chi connectivity index (χ2v) is 20.3. The van der Waals surface area contributed by atoms with E-state index < -0.39 is 0 Å². The molecule has 1 aliphatic carbocycles. The van der Waals surface area contributed by atoms with Gasteiger partial charge in [-0.25, -0.2) is 0 Å². The van der Waals surface area contributed by atoms with E-state index in [1.165, 1.54) is 94.3 Å². The number of rotatable bonds is 9. The van der Waals surface area contributed by atoms with Crippen molar-refractivity contribution < 1.29 is 4.42 Å². The van der Waals surface area contributed by atoms with Crippen LogP contribution in [0.15, 0.2) is 247 Å². The Morgan fingerprint density at radius 1 is 0.589 bits per heavy atom. The quantitative estimate of drug-likeness (QED) is 0.104. The zero-order valence-electron chi connectivity index (χ0n) is 42.5. The molecule has 0 unspecified atom stereocenters. The summed E-state index contributed by atoms with van der Waals surface area (Å²) in [6, 6.07) is 68.8. The third-order valence-electron chi connectivity index (χ3n) is 14.9. The number of furan rings is 1. The Balaban J connectivity index is 0.000000758. The first-order valence-electron chi connectivity index (χ1n) is 25.6. The standard InChI is InChI=1S/C63H50B2O.C7H8/c1-6-8-14-42(7-2)43-15-11-16-44(33-43)47-23-22-41(3)54(35-47)58-38-50(30-31-63(58,4)5)49-25-28-61-56(37-49)57-39-52(26-29-62(57)66-61)65-59-21-10-9-20-53(59)55-36-48(24-27-60(55)65)45-17-12-18-46(34-45)51-19-13-32-64-40-51;1-7-5-3-2-4-6-7/h6-30,32-40H,2,31H2,1,3-5H3;2-6H,1H3/b8-6-,42-14+;. The summed E-state index contributed by atoms with van der Waals surface area (Å²) in [4.78, 5) is 0.